The maximum Gasteiger partial charge on any atom is 2.00 e. The Morgan fingerprint density at radius 2 is 1.15 bits per heavy atom. The third-order valence-corrected chi connectivity index (χ3v) is 6.29. The predicted octanol–water partition coefficient (Wildman–Crippen LogP) is 6.84. The van der Waals surface area contributed by atoms with Crippen molar-refractivity contribution in [3.63, 3.8) is 0 Å². The summed E-state index contributed by atoms with van der Waals surface area (Å²) in [7, 11) is 0. The van der Waals surface area contributed by atoms with Crippen LogP contribution in [0.1, 0.15) is 6.42 Å². The van der Waals surface area contributed by atoms with Crippen LogP contribution in [-0.4, -0.2) is 36.1 Å². The van der Waals surface area contributed by atoms with Crippen molar-refractivity contribution in [3.8, 4) is 0 Å². The number of nitrogens with zero attached hydrogens (tertiary/aromatic N) is 2. The summed E-state index contributed by atoms with van der Waals surface area (Å²) in [6.07, 6.45) is 40.1. The Balaban J connectivity index is 0.000000392. The first-order valence-corrected chi connectivity index (χ1v) is 13.4. The van der Waals surface area contributed by atoms with E-state index in [1.54, 1.807) is 0 Å². The van der Waals surface area contributed by atoms with Gasteiger partial charge in [-0.3, -0.25) is 4.98 Å². The summed E-state index contributed by atoms with van der Waals surface area (Å²) in [5.41, 5.74) is 2.03. The van der Waals surface area contributed by atoms with Crippen molar-refractivity contribution in [1.29, 1.82) is 0 Å². The summed E-state index contributed by atoms with van der Waals surface area (Å²) in [4.78, 5) is 6.92. The third kappa shape index (κ3) is 13.4. The van der Waals surface area contributed by atoms with Gasteiger partial charge in [0.15, 0.2) is 0 Å². The first-order chi connectivity index (χ1) is 18.8. The Labute approximate surface area is 271 Å². The number of nitrogens with one attached hydrogen (secondary N) is 1. The van der Waals surface area contributed by atoms with E-state index in [1.807, 2.05) is 94.7 Å². The van der Waals surface area contributed by atoms with Crippen molar-refractivity contribution in [1.82, 2.24) is 9.88 Å². The zero-order valence-corrected chi connectivity index (χ0v) is 25.3. The fourth-order valence-electron chi connectivity index (χ4n) is 4.21. The van der Waals surface area contributed by atoms with Gasteiger partial charge in [-0.15, -0.1) is 0 Å². The van der Waals surface area contributed by atoms with E-state index >= 15 is 0 Å². The Morgan fingerprint density at radius 3 is 1.65 bits per heavy atom. The minimum Gasteiger partial charge on any atom is -0.384 e. The van der Waals surface area contributed by atoms with Gasteiger partial charge in [0.1, 0.15) is 0 Å². The van der Waals surface area contributed by atoms with Crippen LogP contribution in [0.4, 0.5) is 5.69 Å². The van der Waals surface area contributed by atoms with Crippen molar-refractivity contribution < 1.29 is 34.1 Å². The second-order valence-electron chi connectivity index (χ2n) is 9.02. The topological polar surface area (TPSA) is 28.2 Å². The van der Waals surface area contributed by atoms with Gasteiger partial charge in [0.05, 0.1) is 5.52 Å². The third-order valence-electron chi connectivity index (χ3n) is 6.06. The van der Waals surface area contributed by atoms with E-state index in [4.69, 9.17) is 11.6 Å². The smallest absolute Gasteiger partial charge is 0.384 e. The van der Waals surface area contributed by atoms with Crippen molar-refractivity contribution in [2.45, 2.75) is 6.42 Å². The van der Waals surface area contributed by atoms with Crippen molar-refractivity contribution in [3.05, 3.63) is 163 Å². The summed E-state index contributed by atoms with van der Waals surface area (Å²) in [5, 5.41) is 5.39. The first-order valence-electron chi connectivity index (χ1n) is 13.0. The van der Waals surface area contributed by atoms with E-state index in [2.05, 4.69) is 66.6 Å². The largest absolute Gasteiger partial charge is 2.00 e. The number of rotatable bonds is 9. The van der Waals surface area contributed by atoms with E-state index in [0.717, 1.165) is 49.2 Å². The van der Waals surface area contributed by atoms with Crippen molar-refractivity contribution in [2.24, 2.45) is 0 Å². The Bertz CT molecular complexity index is 864. The van der Waals surface area contributed by atoms with Crippen LogP contribution in [0.5, 0.6) is 0 Å². The molecule has 0 spiro atoms. The molecular weight excluding hydrogens is 598 g/mol. The van der Waals surface area contributed by atoms with E-state index in [0.29, 0.717) is 5.02 Å². The maximum atomic E-state index is 6.08. The zero-order valence-electron chi connectivity index (χ0n) is 22.3. The summed E-state index contributed by atoms with van der Waals surface area (Å²) in [6.45, 7) is 3.92. The molecule has 2 aromatic rings. The number of halogens is 1. The Kier molecular flexibility index (Phi) is 19.2. The van der Waals surface area contributed by atoms with Crippen LogP contribution in [0.15, 0.2) is 30.5 Å². The molecule has 0 saturated heterocycles. The van der Waals surface area contributed by atoms with Gasteiger partial charge >= 0.3 is 34.1 Å². The molecule has 1 N–H and O–H groups in total. The second kappa shape index (κ2) is 21.4. The fourth-order valence-corrected chi connectivity index (χ4v) is 4.38. The molecule has 20 radical (unpaired) electrons. The monoisotopic (exact) mass is 631 g/mol. The van der Waals surface area contributed by atoms with Crippen LogP contribution >= 0.6 is 11.6 Å². The van der Waals surface area contributed by atoms with Crippen LogP contribution in [0.3, 0.4) is 0 Å². The summed E-state index contributed by atoms with van der Waals surface area (Å²) in [5.74, 6) is 2.74. The van der Waals surface area contributed by atoms with Crippen molar-refractivity contribution in [2.75, 3.05) is 31.5 Å². The molecule has 1 aromatic carbocycles. The van der Waals surface area contributed by atoms with E-state index < -0.39 is 0 Å². The molecule has 3 nitrogen and oxygen atoms in total. The molecule has 6 heteroatoms. The van der Waals surface area contributed by atoms with E-state index in [-0.39, 0.29) is 34.1 Å². The van der Waals surface area contributed by atoms with Gasteiger partial charge in [0, 0.05) is 41.9 Å². The quantitative estimate of drug-likeness (QED) is 0.243. The molecule has 204 valence electrons. The number of fused-ring (bicyclic) bond motifs is 1. The molecule has 1 aromatic heterocycles. The number of hydrogen-bond acceptors (Lipinski definition) is 3. The van der Waals surface area contributed by atoms with Crippen LogP contribution in [0, 0.1) is 127 Å². The molecule has 4 aliphatic carbocycles. The Hall–Kier alpha value is -0.281. The number of pyridine rings is 1. The number of aromatic nitrogens is 1. The van der Waals surface area contributed by atoms with Gasteiger partial charge in [-0.1, -0.05) is 11.6 Å². The van der Waals surface area contributed by atoms with Gasteiger partial charge in [-0.2, -0.15) is 0 Å². The Morgan fingerprint density at radius 1 is 0.650 bits per heavy atom. The normalized spacial score (nSPS) is 18.9. The molecule has 1 heterocycles. The number of benzene rings is 1. The fraction of sp³-hybridized carbons (Fsp3) is 0.147. The van der Waals surface area contributed by atoms with Gasteiger partial charge in [0.2, 0.25) is 0 Å². The van der Waals surface area contributed by atoms with Gasteiger partial charge in [0.25, 0.3) is 0 Å². The second-order valence-corrected chi connectivity index (χ2v) is 9.46. The van der Waals surface area contributed by atoms with Crippen LogP contribution in [0.25, 0.3) is 10.9 Å². The molecule has 4 aliphatic rings. The molecule has 0 amide bonds. The number of hydrogen-bond donors (Lipinski definition) is 1. The number of anilines is 1. The maximum absolute atomic E-state index is 6.08. The first kappa shape index (κ1) is 35.9. The van der Waals surface area contributed by atoms with Crippen LogP contribution in [0.2, 0.25) is 5.02 Å². The summed E-state index contributed by atoms with van der Waals surface area (Å²) >= 11 is 6.08. The van der Waals surface area contributed by atoms with E-state index in [9.17, 15) is 0 Å². The van der Waals surface area contributed by atoms with Gasteiger partial charge < -0.3 is 10.2 Å². The summed E-state index contributed by atoms with van der Waals surface area (Å²) in [6, 6.07) is 7.88. The molecule has 4 saturated carbocycles. The molecule has 0 atom stereocenters. The average Bonchev–Trinajstić information content (AvgIpc) is 3.76. The molecule has 0 bridgehead atoms. The standard InChI is InChI=1S/C24H24ClN3.2C5H5.2Fe/c25-21-10-11-22-23(12-14-27-24(22)16-21)26-13-5-15-28(17-19-6-1-2-7-19)18-20-8-3-4-9-20;2*1-2-4-5-3-1;;/h1-4,6-12,14,16H,5,13,15,17-18H2,(H,26,27);2*1-5H;;/q;;;2*+2. The summed E-state index contributed by atoms with van der Waals surface area (Å²) < 4.78 is 0. The van der Waals surface area contributed by atoms with Crippen molar-refractivity contribution >= 4 is 28.2 Å². The van der Waals surface area contributed by atoms with Gasteiger partial charge in [-0.05, 0) is 165 Å². The molecule has 40 heavy (non-hydrogen) atoms. The van der Waals surface area contributed by atoms with Crippen LogP contribution in [-0.2, 0) is 34.1 Å². The average molecular weight is 632 g/mol. The molecular formula is C34H34ClFe2N3+4. The van der Waals surface area contributed by atoms with Gasteiger partial charge in [-0.25, -0.2) is 0 Å². The minimum atomic E-state index is 0. The molecule has 0 unspecified atom stereocenters. The molecule has 0 aliphatic heterocycles. The molecule has 6 rings (SSSR count). The SMILES string of the molecule is Clc1ccc2c(NCCCN(C[C]3[CH][CH][CH][CH]3)C[C]3[CH][CH][CH][CH]3)ccnc2c1.[CH]1[CH][CH][CH][CH]1.[CH]1[CH][CH][CH][CH]1.[Fe+2].[Fe+2]. The zero-order chi connectivity index (χ0) is 26.3. The minimum absolute atomic E-state index is 0. The van der Waals surface area contributed by atoms with Crippen LogP contribution < -0.4 is 5.32 Å². The molecule has 4 fully saturated rings. The predicted molar refractivity (Wildman–Crippen MR) is 160 cm³/mol. The van der Waals surface area contributed by atoms with E-state index in [1.165, 1.54) is 11.8 Å².